The van der Waals surface area contributed by atoms with Crippen LogP contribution in [0.1, 0.15) is 15.9 Å². The van der Waals surface area contributed by atoms with Gasteiger partial charge >= 0.3 is 0 Å². The molecule has 0 aliphatic carbocycles. The zero-order valence-corrected chi connectivity index (χ0v) is 11.7. The van der Waals surface area contributed by atoms with Crippen molar-refractivity contribution in [1.29, 1.82) is 0 Å². The van der Waals surface area contributed by atoms with E-state index < -0.39 is 5.91 Å². The third-order valence-corrected chi connectivity index (χ3v) is 3.15. The summed E-state index contributed by atoms with van der Waals surface area (Å²) in [5.74, 6) is -0.193. The van der Waals surface area contributed by atoms with Crippen molar-refractivity contribution in [1.82, 2.24) is 0 Å². The molecule has 0 unspecified atom stereocenters. The van der Waals surface area contributed by atoms with Crippen LogP contribution in [0, 0.1) is 5.82 Å². The maximum atomic E-state index is 12.8. The van der Waals surface area contributed by atoms with Gasteiger partial charge in [0.1, 0.15) is 11.6 Å². The van der Waals surface area contributed by atoms with E-state index in [1.807, 2.05) is 6.07 Å². The minimum Gasteiger partial charge on any atom is -0.493 e. The first-order valence-electron chi connectivity index (χ1n) is 6.59. The van der Waals surface area contributed by atoms with Crippen LogP contribution in [0.2, 0.25) is 0 Å². The SMILES string of the molecule is CNc1cccc(C(N)=O)c1CCOc1ccc(F)cc1. The molecule has 0 spiro atoms. The van der Waals surface area contributed by atoms with Crippen molar-refractivity contribution in [2.24, 2.45) is 5.73 Å². The molecule has 2 rings (SSSR count). The number of halogens is 1. The van der Waals surface area contributed by atoms with Crippen molar-refractivity contribution in [3.63, 3.8) is 0 Å². The average Bonchev–Trinajstić information content (AvgIpc) is 2.49. The van der Waals surface area contributed by atoms with Crippen LogP contribution in [0.5, 0.6) is 5.75 Å². The van der Waals surface area contributed by atoms with E-state index in [4.69, 9.17) is 10.5 Å². The molecule has 0 saturated heterocycles. The third-order valence-electron chi connectivity index (χ3n) is 3.15. The maximum absolute atomic E-state index is 12.8. The maximum Gasteiger partial charge on any atom is 0.249 e. The number of benzene rings is 2. The van der Waals surface area contributed by atoms with Gasteiger partial charge in [0.25, 0.3) is 0 Å². The molecule has 0 atom stereocenters. The van der Waals surface area contributed by atoms with Gasteiger partial charge in [-0.2, -0.15) is 0 Å². The molecule has 5 heteroatoms. The normalized spacial score (nSPS) is 10.2. The Morgan fingerprint density at radius 1 is 1.24 bits per heavy atom. The minimum absolute atomic E-state index is 0.307. The molecule has 0 saturated carbocycles. The second-order valence-corrected chi connectivity index (χ2v) is 4.50. The first-order chi connectivity index (χ1) is 10.1. The van der Waals surface area contributed by atoms with Gasteiger partial charge in [-0.1, -0.05) is 6.07 Å². The lowest BCUT2D eigenvalue weighted by atomic mass is 10.0. The number of amides is 1. The van der Waals surface area contributed by atoms with Crippen molar-refractivity contribution in [2.75, 3.05) is 19.0 Å². The second-order valence-electron chi connectivity index (χ2n) is 4.50. The van der Waals surface area contributed by atoms with E-state index in [1.165, 1.54) is 12.1 Å². The number of hydrogen-bond donors (Lipinski definition) is 2. The van der Waals surface area contributed by atoms with E-state index in [2.05, 4.69) is 5.32 Å². The summed E-state index contributed by atoms with van der Waals surface area (Å²) in [6, 6.07) is 11.1. The van der Waals surface area contributed by atoms with Crippen molar-refractivity contribution >= 4 is 11.6 Å². The Hall–Kier alpha value is -2.56. The van der Waals surface area contributed by atoms with Crippen molar-refractivity contribution in [2.45, 2.75) is 6.42 Å². The van der Waals surface area contributed by atoms with Gasteiger partial charge in [0, 0.05) is 24.7 Å². The number of carbonyl (C=O) groups is 1. The lowest BCUT2D eigenvalue weighted by Crippen LogP contribution is -2.16. The molecule has 0 bridgehead atoms. The predicted molar refractivity (Wildman–Crippen MR) is 80.1 cm³/mol. The van der Waals surface area contributed by atoms with Crippen LogP contribution in [-0.2, 0) is 6.42 Å². The number of hydrogen-bond acceptors (Lipinski definition) is 3. The fraction of sp³-hybridized carbons (Fsp3) is 0.188. The molecule has 2 aromatic carbocycles. The Morgan fingerprint density at radius 2 is 1.95 bits per heavy atom. The molecular formula is C16H17FN2O2. The number of nitrogens with two attached hydrogens (primary N) is 1. The molecule has 0 aliphatic heterocycles. The summed E-state index contributed by atoms with van der Waals surface area (Å²) in [5, 5.41) is 3.03. The summed E-state index contributed by atoms with van der Waals surface area (Å²) in [6.07, 6.45) is 0.520. The van der Waals surface area contributed by atoms with E-state index in [0.29, 0.717) is 24.3 Å². The van der Waals surface area contributed by atoms with Gasteiger partial charge < -0.3 is 15.8 Å². The van der Waals surface area contributed by atoms with Crippen LogP contribution in [-0.4, -0.2) is 19.6 Å². The zero-order valence-electron chi connectivity index (χ0n) is 11.7. The molecule has 2 aromatic rings. The Balaban J connectivity index is 2.08. The summed E-state index contributed by atoms with van der Waals surface area (Å²) in [7, 11) is 1.78. The van der Waals surface area contributed by atoms with Crippen LogP contribution >= 0.6 is 0 Å². The third kappa shape index (κ3) is 3.72. The highest BCUT2D eigenvalue weighted by molar-refractivity contribution is 5.95. The van der Waals surface area contributed by atoms with Crippen LogP contribution < -0.4 is 15.8 Å². The molecular weight excluding hydrogens is 271 g/mol. The van der Waals surface area contributed by atoms with Crippen molar-refractivity contribution < 1.29 is 13.9 Å². The zero-order chi connectivity index (χ0) is 15.2. The predicted octanol–water partition coefficient (Wildman–Crippen LogP) is 2.59. The topological polar surface area (TPSA) is 64.3 Å². The average molecular weight is 288 g/mol. The van der Waals surface area contributed by atoms with E-state index >= 15 is 0 Å². The molecule has 0 heterocycles. The highest BCUT2D eigenvalue weighted by Crippen LogP contribution is 2.21. The van der Waals surface area contributed by atoms with E-state index in [-0.39, 0.29) is 5.82 Å². The summed E-state index contributed by atoms with van der Waals surface area (Å²) < 4.78 is 18.4. The second kappa shape index (κ2) is 6.74. The number of nitrogens with one attached hydrogen (secondary N) is 1. The van der Waals surface area contributed by atoms with Gasteiger partial charge in [0.2, 0.25) is 5.91 Å². The van der Waals surface area contributed by atoms with Crippen LogP contribution in [0.4, 0.5) is 10.1 Å². The van der Waals surface area contributed by atoms with Crippen LogP contribution in [0.25, 0.3) is 0 Å². The monoisotopic (exact) mass is 288 g/mol. The highest BCUT2D eigenvalue weighted by atomic mass is 19.1. The van der Waals surface area contributed by atoms with Crippen molar-refractivity contribution in [3.05, 3.63) is 59.4 Å². The van der Waals surface area contributed by atoms with Crippen molar-refractivity contribution in [3.8, 4) is 5.75 Å². The molecule has 1 amide bonds. The number of primary amides is 1. The van der Waals surface area contributed by atoms with Crippen LogP contribution in [0.3, 0.4) is 0 Å². The lowest BCUT2D eigenvalue weighted by molar-refractivity contribution is 0.0999. The molecule has 4 nitrogen and oxygen atoms in total. The molecule has 21 heavy (non-hydrogen) atoms. The van der Waals surface area contributed by atoms with Crippen LogP contribution in [0.15, 0.2) is 42.5 Å². The fourth-order valence-electron chi connectivity index (χ4n) is 2.12. The number of anilines is 1. The molecule has 0 fully saturated rings. The van der Waals surface area contributed by atoms with Gasteiger partial charge in [-0.3, -0.25) is 4.79 Å². The fourth-order valence-corrected chi connectivity index (χ4v) is 2.12. The van der Waals surface area contributed by atoms with E-state index in [9.17, 15) is 9.18 Å². The molecule has 0 radical (unpaired) electrons. The first kappa shape index (κ1) is 14.8. The first-order valence-corrected chi connectivity index (χ1v) is 6.59. The highest BCUT2D eigenvalue weighted by Gasteiger charge is 2.11. The Kier molecular flexibility index (Phi) is 4.77. The Labute approximate surface area is 122 Å². The van der Waals surface area contributed by atoms with E-state index in [1.54, 1.807) is 31.3 Å². The largest absolute Gasteiger partial charge is 0.493 e. The van der Waals surface area contributed by atoms with Gasteiger partial charge in [-0.05, 0) is 42.0 Å². The summed E-state index contributed by atoms with van der Waals surface area (Å²) in [6.45, 7) is 0.366. The molecule has 0 aliphatic rings. The lowest BCUT2D eigenvalue weighted by Gasteiger charge is -2.13. The van der Waals surface area contributed by atoms with E-state index in [0.717, 1.165) is 11.3 Å². The molecule has 110 valence electrons. The van der Waals surface area contributed by atoms with Gasteiger partial charge in [-0.25, -0.2) is 4.39 Å². The minimum atomic E-state index is -0.469. The number of rotatable bonds is 6. The number of carbonyl (C=O) groups excluding carboxylic acids is 1. The summed E-state index contributed by atoms with van der Waals surface area (Å²) in [4.78, 5) is 11.5. The summed E-state index contributed by atoms with van der Waals surface area (Å²) in [5.41, 5.74) is 7.52. The molecule has 3 N–H and O–H groups in total. The quantitative estimate of drug-likeness (QED) is 0.858. The number of ether oxygens (including phenoxy) is 1. The molecule has 0 aromatic heterocycles. The smallest absolute Gasteiger partial charge is 0.249 e. The van der Waals surface area contributed by atoms with Gasteiger partial charge in [0.15, 0.2) is 0 Å². The van der Waals surface area contributed by atoms with Gasteiger partial charge in [0.05, 0.1) is 6.61 Å². The summed E-state index contributed by atoms with van der Waals surface area (Å²) >= 11 is 0. The van der Waals surface area contributed by atoms with Gasteiger partial charge in [-0.15, -0.1) is 0 Å². The Bertz CT molecular complexity index is 627. The Morgan fingerprint density at radius 3 is 2.57 bits per heavy atom. The standard InChI is InChI=1S/C16H17FN2O2/c1-19-15-4-2-3-14(16(18)20)13(15)9-10-21-12-7-5-11(17)6-8-12/h2-8,19H,9-10H2,1H3,(H2,18,20).